The molecule has 1 heterocycles. The zero-order valence-corrected chi connectivity index (χ0v) is 22.5. The van der Waals surface area contributed by atoms with Crippen molar-refractivity contribution in [2.45, 2.75) is 66.2 Å². The highest BCUT2D eigenvalue weighted by Crippen LogP contribution is 2.30. The number of methoxy groups -OCH3 is 1. The number of benzene rings is 1. The summed E-state index contributed by atoms with van der Waals surface area (Å²) in [6, 6.07) is 3.16. The second kappa shape index (κ2) is 13.7. The molecule has 1 aromatic heterocycles. The third-order valence-corrected chi connectivity index (χ3v) is 5.88. The molecule has 1 amide bonds. The van der Waals surface area contributed by atoms with Crippen molar-refractivity contribution in [3.8, 4) is 17.2 Å². The van der Waals surface area contributed by atoms with E-state index >= 15 is 0 Å². The highest BCUT2D eigenvalue weighted by molar-refractivity contribution is 5.98. The summed E-state index contributed by atoms with van der Waals surface area (Å²) < 4.78 is 49.5. The third kappa shape index (κ3) is 7.87. The second-order valence-electron chi connectivity index (χ2n) is 9.16. The van der Waals surface area contributed by atoms with Crippen molar-refractivity contribution in [1.82, 2.24) is 10.3 Å². The van der Waals surface area contributed by atoms with Crippen LogP contribution in [-0.2, 0) is 14.3 Å². The molecule has 38 heavy (non-hydrogen) atoms. The third-order valence-electron chi connectivity index (χ3n) is 5.88. The first kappa shape index (κ1) is 30.5. The van der Waals surface area contributed by atoms with Crippen molar-refractivity contribution in [2.24, 2.45) is 11.8 Å². The van der Waals surface area contributed by atoms with E-state index in [2.05, 4.69) is 10.3 Å². The minimum Gasteiger partial charge on any atom is -0.493 e. The lowest BCUT2D eigenvalue weighted by molar-refractivity contribution is -0.157. The minimum atomic E-state index is -1.10. The van der Waals surface area contributed by atoms with E-state index < -0.39 is 47.7 Å². The maximum Gasteiger partial charge on any atom is 0.329 e. The Hall–Kier alpha value is -3.76. The summed E-state index contributed by atoms with van der Waals surface area (Å²) in [6.45, 7) is 9.88. The Labute approximate surface area is 220 Å². The number of carbonyl (C=O) groups is 3. The van der Waals surface area contributed by atoms with Crippen molar-refractivity contribution in [3.05, 3.63) is 47.8 Å². The van der Waals surface area contributed by atoms with Crippen LogP contribution in [0.1, 0.15) is 58.5 Å². The lowest BCUT2D eigenvalue weighted by atomic mass is 9.98. The van der Waals surface area contributed by atoms with Crippen molar-refractivity contribution in [3.63, 3.8) is 0 Å². The molecule has 0 unspecified atom stereocenters. The number of carbonyl (C=O) groups excluding carboxylic acids is 3. The number of aromatic nitrogens is 1. The van der Waals surface area contributed by atoms with Crippen LogP contribution in [0.25, 0.3) is 0 Å². The Kier molecular flexibility index (Phi) is 11.0. The molecule has 11 heteroatoms. The van der Waals surface area contributed by atoms with Crippen LogP contribution in [0.4, 0.5) is 8.78 Å². The average molecular weight is 537 g/mol. The zero-order chi connectivity index (χ0) is 28.6. The van der Waals surface area contributed by atoms with Crippen LogP contribution in [-0.4, -0.2) is 48.2 Å². The van der Waals surface area contributed by atoms with Crippen LogP contribution in [0.5, 0.6) is 17.2 Å². The molecule has 1 N–H and O–H groups in total. The molecule has 0 fully saturated rings. The van der Waals surface area contributed by atoms with Crippen molar-refractivity contribution in [1.29, 1.82) is 0 Å². The number of hydrogen-bond acceptors (Lipinski definition) is 8. The van der Waals surface area contributed by atoms with Gasteiger partial charge >= 0.3 is 11.9 Å². The van der Waals surface area contributed by atoms with Gasteiger partial charge in [0.15, 0.2) is 23.0 Å². The van der Waals surface area contributed by atoms with Crippen LogP contribution < -0.4 is 19.5 Å². The van der Waals surface area contributed by atoms with E-state index in [1.54, 1.807) is 27.7 Å². The fourth-order valence-corrected chi connectivity index (χ4v) is 3.69. The largest absolute Gasteiger partial charge is 0.493 e. The van der Waals surface area contributed by atoms with Gasteiger partial charge in [0.05, 0.1) is 7.11 Å². The maximum absolute atomic E-state index is 14.2. The van der Waals surface area contributed by atoms with E-state index in [0.717, 1.165) is 25.1 Å². The minimum absolute atomic E-state index is 0.109. The Morgan fingerprint density at radius 1 is 1.05 bits per heavy atom. The number of nitrogens with one attached hydrogen (secondary N) is 1. The molecule has 0 aliphatic heterocycles. The van der Waals surface area contributed by atoms with E-state index in [4.69, 9.17) is 18.9 Å². The number of amides is 1. The van der Waals surface area contributed by atoms with Crippen LogP contribution >= 0.6 is 0 Å². The Balaban J connectivity index is 2.27. The first-order chi connectivity index (χ1) is 17.9. The lowest BCUT2D eigenvalue weighted by Gasteiger charge is -2.30. The highest BCUT2D eigenvalue weighted by atomic mass is 19.1. The van der Waals surface area contributed by atoms with E-state index in [-0.39, 0.29) is 34.8 Å². The Morgan fingerprint density at radius 2 is 1.74 bits per heavy atom. The van der Waals surface area contributed by atoms with Crippen LogP contribution in [0.3, 0.4) is 0 Å². The van der Waals surface area contributed by atoms with Gasteiger partial charge in [-0.1, -0.05) is 34.1 Å². The summed E-state index contributed by atoms with van der Waals surface area (Å²) in [5.74, 6) is -4.65. The SMILES string of the molecule is CC[C@H](C)[C@H](NC(=O)c1nccc(OC)c1OC(C)=O)C(=O)O[C@@H](C)[C@H](Oc1cc(F)ccc1F)C(C)C. The Morgan fingerprint density at radius 3 is 2.32 bits per heavy atom. The maximum atomic E-state index is 14.2. The molecule has 0 saturated heterocycles. The molecule has 9 nitrogen and oxygen atoms in total. The molecule has 2 aromatic rings. The molecule has 0 saturated carbocycles. The second-order valence-corrected chi connectivity index (χ2v) is 9.16. The molecule has 1 aromatic carbocycles. The Bertz CT molecular complexity index is 1140. The summed E-state index contributed by atoms with van der Waals surface area (Å²) >= 11 is 0. The van der Waals surface area contributed by atoms with Gasteiger partial charge in [0, 0.05) is 25.3 Å². The van der Waals surface area contributed by atoms with Gasteiger partial charge in [-0.05, 0) is 30.9 Å². The van der Waals surface area contributed by atoms with Gasteiger partial charge in [-0.25, -0.2) is 18.6 Å². The molecule has 2 rings (SSSR count). The molecular weight excluding hydrogens is 502 g/mol. The predicted molar refractivity (Wildman–Crippen MR) is 134 cm³/mol. The van der Waals surface area contributed by atoms with Gasteiger partial charge in [-0.15, -0.1) is 0 Å². The molecule has 0 spiro atoms. The smallest absolute Gasteiger partial charge is 0.329 e. The number of ether oxygens (including phenoxy) is 4. The van der Waals surface area contributed by atoms with Gasteiger partial charge in [-0.3, -0.25) is 9.59 Å². The van der Waals surface area contributed by atoms with Gasteiger partial charge in [0.25, 0.3) is 5.91 Å². The molecule has 0 aliphatic rings. The normalized spacial score (nSPS) is 14.2. The van der Waals surface area contributed by atoms with Crippen molar-refractivity contribution in [2.75, 3.05) is 7.11 Å². The van der Waals surface area contributed by atoms with E-state index in [1.165, 1.54) is 19.4 Å². The number of rotatable bonds is 12. The summed E-state index contributed by atoms with van der Waals surface area (Å²) in [7, 11) is 1.34. The van der Waals surface area contributed by atoms with Crippen LogP contribution in [0.15, 0.2) is 30.5 Å². The summed E-state index contributed by atoms with van der Waals surface area (Å²) in [5.41, 5.74) is -0.251. The van der Waals surface area contributed by atoms with Crippen molar-refractivity contribution >= 4 is 17.8 Å². The number of halogens is 2. The predicted octanol–water partition coefficient (Wildman–Crippen LogP) is 4.47. The molecule has 0 aliphatic carbocycles. The van der Waals surface area contributed by atoms with Crippen LogP contribution in [0.2, 0.25) is 0 Å². The first-order valence-corrected chi connectivity index (χ1v) is 12.2. The first-order valence-electron chi connectivity index (χ1n) is 12.2. The van der Waals surface area contributed by atoms with Gasteiger partial charge in [0.1, 0.15) is 24.1 Å². The molecular formula is C27H34F2N2O7. The number of nitrogens with zero attached hydrogens (tertiary/aromatic N) is 1. The van der Waals surface area contributed by atoms with Gasteiger partial charge in [0.2, 0.25) is 5.75 Å². The lowest BCUT2D eigenvalue weighted by Crippen LogP contribution is -2.49. The van der Waals surface area contributed by atoms with E-state index in [1.807, 2.05) is 6.92 Å². The number of pyridine rings is 1. The van der Waals surface area contributed by atoms with Gasteiger partial charge < -0.3 is 24.3 Å². The summed E-state index contributed by atoms with van der Waals surface area (Å²) in [4.78, 5) is 42.0. The molecule has 0 radical (unpaired) electrons. The summed E-state index contributed by atoms with van der Waals surface area (Å²) in [6.07, 6.45) is 0.101. The molecule has 208 valence electrons. The number of hydrogen-bond donors (Lipinski definition) is 1. The van der Waals surface area contributed by atoms with Crippen LogP contribution in [0, 0.1) is 23.5 Å². The number of esters is 2. The fraction of sp³-hybridized carbons (Fsp3) is 0.481. The van der Waals surface area contributed by atoms with Crippen molar-refractivity contribution < 1.29 is 42.1 Å². The fourth-order valence-electron chi connectivity index (χ4n) is 3.69. The monoisotopic (exact) mass is 536 g/mol. The highest BCUT2D eigenvalue weighted by Gasteiger charge is 2.34. The molecule has 0 bridgehead atoms. The van der Waals surface area contributed by atoms with E-state index in [9.17, 15) is 23.2 Å². The molecule has 4 atom stereocenters. The average Bonchev–Trinajstić information content (AvgIpc) is 2.86. The quantitative estimate of drug-likeness (QED) is 0.396. The standard InChI is InChI=1S/C27H34F2N2O7/c1-8-15(4)22(31-26(33)23-25(37-17(6)32)20(35-7)11-12-30-23)27(34)36-16(5)24(14(2)3)38-21-13-18(28)9-10-19(21)29/h9-16,22,24H,8H2,1-7H3,(H,31,33)/t15-,16-,22-,24+/m0/s1. The topological polar surface area (TPSA) is 113 Å². The van der Waals surface area contributed by atoms with Gasteiger partial charge in [-0.2, -0.15) is 0 Å². The zero-order valence-electron chi connectivity index (χ0n) is 22.5. The van der Waals surface area contributed by atoms with E-state index in [0.29, 0.717) is 6.42 Å². The summed E-state index contributed by atoms with van der Waals surface area (Å²) in [5, 5.41) is 2.62.